The first-order valence-corrected chi connectivity index (χ1v) is 10.3. The number of halogens is 2. The first-order chi connectivity index (χ1) is 14.3. The van der Waals surface area contributed by atoms with Crippen LogP contribution in [0.2, 0.25) is 5.02 Å². The van der Waals surface area contributed by atoms with E-state index in [2.05, 4.69) is 5.10 Å². The van der Waals surface area contributed by atoms with E-state index in [1.54, 1.807) is 44.2 Å². The third kappa shape index (κ3) is 3.37. The number of fused-ring (bicyclic) bond motifs is 1. The number of hydrogen-bond donors (Lipinski definition) is 0. The van der Waals surface area contributed by atoms with Gasteiger partial charge in [-0.1, -0.05) is 42.8 Å². The molecule has 0 amide bonds. The first-order valence-electron chi connectivity index (χ1n) is 9.97. The van der Waals surface area contributed by atoms with E-state index < -0.39 is 11.7 Å². The Morgan fingerprint density at radius 1 is 1.20 bits per heavy atom. The maximum atomic E-state index is 14.9. The zero-order valence-corrected chi connectivity index (χ0v) is 17.8. The minimum atomic E-state index is -0.431. The molecule has 2 unspecified atom stereocenters. The van der Waals surface area contributed by atoms with Crippen molar-refractivity contribution in [1.29, 1.82) is 0 Å². The van der Waals surface area contributed by atoms with Crippen molar-refractivity contribution in [2.45, 2.75) is 33.6 Å². The molecule has 0 N–H and O–H groups in total. The van der Waals surface area contributed by atoms with E-state index in [0.29, 0.717) is 40.0 Å². The second-order valence-electron chi connectivity index (χ2n) is 7.97. The predicted molar refractivity (Wildman–Crippen MR) is 116 cm³/mol. The number of ketones is 1. The van der Waals surface area contributed by atoms with Crippen molar-refractivity contribution in [3.05, 3.63) is 70.1 Å². The molecule has 154 valence electrons. The Labute approximate surface area is 179 Å². The molecular formula is C24H22ClFN2O2. The summed E-state index contributed by atoms with van der Waals surface area (Å²) >= 11 is 6.30. The fraction of sp³-hybridized carbons (Fsp3) is 0.292. The van der Waals surface area contributed by atoms with Crippen molar-refractivity contribution < 1.29 is 14.0 Å². The fourth-order valence-corrected chi connectivity index (χ4v) is 4.58. The number of rotatable bonds is 3. The number of carbonyl (C=O) groups is 2. The Bertz CT molecular complexity index is 1190. The monoisotopic (exact) mass is 424 g/mol. The van der Waals surface area contributed by atoms with Gasteiger partial charge in [0.1, 0.15) is 11.6 Å². The predicted octanol–water partition coefficient (Wildman–Crippen LogP) is 5.84. The van der Waals surface area contributed by atoms with Gasteiger partial charge in [-0.25, -0.2) is 4.39 Å². The van der Waals surface area contributed by atoms with Crippen LogP contribution in [-0.2, 0) is 4.79 Å². The summed E-state index contributed by atoms with van der Waals surface area (Å²) in [6.07, 6.45) is 3.24. The van der Waals surface area contributed by atoms with E-state index in [-0.39, 0.29) is 17.6 Å². The molecule has 2 aromatic carbocycles. The molecule has 1 aliphatic carbocycles. The first kappa shape index (κ1) is 20.5. The Morgan fingerprint density at radius 2 is 1.93 bits per heavy atom. The Kier molecular flexibility index (Phi) is 5.33. The minimum Gasteiger partial charge on any atom is -0.300 e. The van der Waals surface area contributed by atoms with Crippen LogP contribution in [0.5, 0.6) is 0 Å². The maximum Gasteiger partial charge on any atom is 0.280 e. The number of aromatic nitrogens is 2. The molecule has 4 rings (SSSR count). The van der Waals surface area contributed by atoms with Crippen LogP contribution in [-0.4, -0.2) is 21.5 Å². The number of hydrogen-bond acceptors (Lipinski definition) is 3. The standard InChI is InChI=1S/C24H22ClFN2O2/c1-13-6-4-7-18(25)21(13)24(30)28-20-9-5-8-19(26)22(20)23(27-28)17-11-10-16(15(3)29)12-14(17)2/h4-9,11,14,16H,10,12H2,1-3H3. The van der Waals surface area contributed by atoms with Gasteiger partial charge in [-0.15, -0.1) is 0 Å². The Morgan fingerprint density at radius 3 is 2.60 bits per heavy atom. The summed E-state index contributed by atoms with van der Waals surface area (Å²) < 4.78 is 16.1. The lowest BCUT2D eigenvalue weighted by Crippen LogP contribution is -2.20. The molecule has 1 aromatic heterocycles. The van der Waals surface area contributed by atoms with Crippen LogP contribution < -0.4 is 0 Å². The lowest BCUT2D eigenvalue weighted by atomic mass is 9.79. The van der Waals surface area contributed by atoms with Gasteiger partial charge < -0.3 is 0 Å². The highest BCUT2D eigenvalue weighted by atomic mass is 35.5. The van der Waals surface area contributed by atoms with Crippen molar-refractivity contribution in [3.8, 4) is 0 Å². The summed E-state index contributed by atoms with van der Waals surface area (Å²) in [5, 5.41) is 5.21. The molecule has 1 heterocycles. The van der Waals surface area contributed by atoms with Gasteiger partial charge in [0.2, 0.25) is 0 Å². The third-order valence-electron chi connectivity index (χ3n) is 5.92. The lowest BCUT2D eigenvalue weighted by Gasteiger charge is -2.25. The van der Waals surface area contributed by atoms with Crippen LogP contribution in [0.25, 0.3) is 16.5 Å². The van der Waals surface area contributed by atoms with Crippen LogP contribution in [0.3, 0.4) is 0 Å². The van der Waals surface area contributed by atoms with Gasteiger partial charge in [-0.05, 0) is 61.9 Å². The summed E-state index contributed by atoms with van der Waals surface area (Å²) in [6.45, 7) is 5.41. The van der Waals surface area contributed by atoms with Gasteiger partial charge in [0, 0.05) is 5.92 Å². The third-order valence-corrected chi connectivity index (χ3v) is 6.24. The molecule has 2 atom stereocenters. The van der Waals surface area contributed by atoms with Crippen molar-refractivity contribution in [3.63, 3.8) is 0 Å². The van der Waals surface area contributed by atoms with Crippen LogP contribution in [0.15, 0.2) is 42.5 Å². The molecule has 0 saturated heterocycles. The molecule has 0 spiro atoms. The molecular weight excluding hydrogens is 403 g/mol. The Hall–Kier alpha value is -2.79. The summed E-state index contributed by atoms with van der Waals surface area (Å²) in [6, 6.07) is 9.86. The van der Waals surface area contributed by atoms with E-state index in [1.807, 2.05) is 13.0 Å². The summed E-state index contributed by atoms with van der Waals surface area (Å²) in [5.74, 6) is -0.682. The molecule has 0 saturated carbocycles. The van der Waals surface area contributed by atoms with Crippen molar-refractivity contribution in [1.82, 2.24) is 9.78 Å². The van der Waals surface area contributed by atoms with Gasteiger partial charge in [-0.2, -0.15) is 9.78 Å². The highest BCUT2D eigenvalue weighted by Gasteiger charge is 2.30. The van der Waals surface area contributed by atoms with E-state index in [1.165, 1.54) is 10.7 Å². The number of nitrogens with zero attached hydrogens (tertiary/aromatic N) is 2. The fourth-order valence-electron chi connectivity index (χ4n) is 4.28. The summed E-state index contributed by atoms with van der Waals surface area (Å²) in [7, 11) is 0. The zero-order valence-electron chi connectivity index (χ0n) is 17.1. The molecule has 6 heteroatoms. The quantitative estimate of drug-likeness (QED) is 0.530. The average Bonchev–Trinajstić information content (AvgIpc) is 3.08. The van der Waals surface area contributed by atoms with Gasteiger partial charge in [-0.3, -0.25) is 9.59 Å². The topological polar surface area (TPSA) is 52.0 Å². The average molecular weight is 425 g/mol. The number of Topliss-reactive ketones (excluding diaryl/α,β-unsaturated/α-hetero) is 1. The molecule has 0 bridgehead atoms. The second kappa shape index (κ2) is 7.80. The molecule has 1 aliphatic rings. The van der Waals surface area contributed by atoms with Crippen LogP contribution in [0.4, 0.5) is 4.39 Å². The normalized spacial score (nSPS) is 19.0. The van der Waals surface area contributed by atoms with E-state index in [9.17, 15) is 14.0 Å². The summed E-state index contributed by atoms with van der Waals surface area (Å²) in [4.78, 5) is 25.2. The van der Waals surface area contributed by atoms with E-state index >= 15 is 0 Å². The molecule has 0 fully saturated rings. The van der Waals surface area contributed by atoms with E-state index in [4.69, 9.17) is 11.6 Å². The highest BCUT2D eigenvalue weighted by molar-refractivity contribution is 6.34. The maximum absolute atomic E-state index is 14.9. The summed E-state index contributed by atoms with van der Waals surface area (Å²) in [5.41, 5.74) is 2.79. The van der Waals surface area contributed by atoms with Gasteiger partial charge in [0.25, 0.3) is 5.91 Å². The molecule has 0 radical (unpaired) electrons. The van der Waals surface area contributed by atoms with E-state index in [0.717, 1.165) is 11.1 Å². The van der Waals surface area contributed by atoms with Crippen molar-refractivity contribution in [2.24, 2.45) is 11.8 Å². The zero-order chi connectivity index (χ0) is 21.6. The number of allylic oxidation sites excluding steroid dienone is 2. The lowest BCUT2D eigenvalue weighted by molar-refractivity contribution is -0.121. The van der Waals surface area contributed by atoms with Crippen LogP contribution in [0, 0.1) is 24.6 Å². The van der Waals surface area contributed by atoms with Crippen LogP contribution >= 0.6 is 11.6 Å². The highest BCUT2D eigenvalue weighted by Crippen LogP contribution is 2.39. The number of carbonyl (C=O) groups excluding carboxylic acids is 2. The smallest absolute Gasteiger partial charge is 0.280 e. The minimum absolute atomic E-state index is 0.0240. The Balaban J connectivity index is 1.90. The largest absolute Gasteiger partial charge is 0.300 e. The molecule has 3 aromatic rings. The molecule has 0 aliphatic heterocycles. The molecule has 4 nitrogen and oxygen atoms in total. The van der Waals surface area contributed by atoms with Gasteiger partial charge in [0.15, 0.2) is 0 Å². The second-order valence-corrected chi connectivity index (χ2v) is 8.38. The van der Waals surface area contributed by atoms with Gasteiger partial charge >= 0.3 is 0 Å². The van der Waals surface area contributed by atoms with Crippen LogP contribution in [0.1, 0.15) is 48.3 Å². The van der Waals surface area contributed by atoms with Crippen molar-refractivity contribution in [2.75, 3.05) is 0 Å². The SMILES string of the molecule is CC(=O)C1CC=C(c2nn(C(=O)c3c(C)cccc3Cl)c3cccc(F)c23)C(C)C1. The van der Waals surface area contributed by atoms with Gasteiger partial charge in [0.05, 0.1) is 27.2 Å². The van der Waals surface area contributed by atoms with Crippen molar-refractivity contribution >= 4 is 39.8 Å². The number of benzene rings is 2. The molecule has 30 heavy (non-hydrogen) atoms. The number of aryl methyl sites for hydroxylation is 1.